The summed E-state index contributed by atoms with van der Waals surface area (Å²) >= 11 is 0. The molecule has 1 aliphatic carbocycles. The Morgan fingerprint density at radius 2 is 1.88 bits per heavy atom. The standard InChI is InChI=1S/C12H14N2O3/c15-11(14-10-5-6-10)9-3-1-8(2-4-9)7-13-12(16)17/h1-4,10,13H,5-7H2,(H,14,15)(H,16,17). The van der Waals surface area contributed by atoms with E-state index in [1.54, 1.807) is 24.3 Å². The number of hydrogen-bond donors (Lipinski definition) is 3. The van der Waals surface area contributed by atoms with Gasteiger partial charge in [0.25, 0.3) is 5.91 Å². The molecule has 90 valence electrons. The van der Waals surface area contributed by atoms with Gasteiger partial charge in [-0.25, -0.2) is 4.79 Å². The van der Waals surface area contributed by atoms with Crippen LogP contribution in [0.5, 0.6) is 0 Å². The molecule has 2 rings (SSSR count). The molecule has 0 unspecified atom stereocenters. The van der Waals surface area contributed by atoms with Crippen molar-refractivity contribution >= 4 is 12.0 Å². The van der Waals surface area contributed by atoms with Crippen molar-refractivity contribution < 1.29 is 14.7 Å². The average molecular weight is 234 g/mol. The highest BCUT2D eigenvalue weighted by atomic mass is 16.4. The molecule has 0 aromatic heterocycles. The third-order valence-corrected chi connectivity index (χ3v) is 2.57. The molecule has 0 radical (unpaired) electrons. The Kier molecular flexibility index (Phi) is 3.27. The van der Waals surface area contributed by atoms with E-state index >= 15 is 0 Å². The molecule has 5 nitrogen and oxygen atoms in total. The summed E-state index contributed by atoms with van der Waals surface area (Å²) in [5, 5.41) is 13.6. The van der Waals surface area contributed by atoms with Crippen LogP contribution in [0.2, 0.25) is 0 Å². The second kappa shape index (κ2) is 4.86. The first-order valence-corrected chi connectivity index (χ1v) is 5.52. The first-order valence-electron chi connectivity index (χ1n) is 5.52. The molecule has 5 heteroatoms. The molecule has 1 saturated carbocycles. The predicted molar refractivity (Wildman–Crippen MR) is 61.8 cm³/mol. The third-order valence-electron chi connectivity index (χ3n) is 2.57. The summed E-state index contributed by atoms with van der Waals surface area (Å²) < 4.78 is 0. The van der Waals surface area contributed by atoms with Gasteiger partial charge >= 0.3 is 6.09 Å². The molecular weight excluding hydrogens is 220 g/mol. The van der Waals surface area contributed by atoms with Crippen LogP contribution in [-0.4, -0.2) is 23.1 Å². The normalized spacial score (nSPS) is 14.1. The summed E-state index contributed by atoms with van der Waals surface area (Å²) in [6, 6.07) is 7.25. The van der Waals surface area contributed by atoms with Crippen LogP contribution in [0.1, 0.15) is 28.8 Å². The molecule has 0 atom stereocenters. The molecule has 2 amide bonds. The fourth-order valence-corrected chi connectivity index (χ4v) is 1.45. The molecule has 0 aliphatic heterocycles. The molecule has 1 aromatic carbocycles. The van der Waals surface area contributed by atoms with E-state index in [1.807, 2.05) is 0 Å². The minimum absolute atomic E-state index is 0.0646. The van der Waals surface area contributed by atoms with Crippen LogP contribution in [-0.2, 0) is 6.54 Å². The minimum Gasteiger partial charge on any atom is -0.465 e. The van der Waals surface area contributed by atoms with Gasteiger partial charge in [0.05, 0.1) is 0 Å². The number of carboxylic acid groups (broad SMARTS) is 1. The first kappa shape index (κ1) is 11.4. The highest BCUT2D eigenvalue weighted by molar-refractivity contribution is 5.94. The lowest BCUT2D eigenvalue weighted by molar-refractivity contribution is 0.0951. The van der Waals surface area contributed by atoms with Crippen molar-refractivity contribution in [3.05, 3.63) is 35.4 Å². The minimum atomic E-state index is -1.06. The SMILES string of the molecule is O=C(O)NCc1ccc(C(=O)NC2CC2)cc1. The molecule has 1 aliphatic rings. The van der Waals surface area contributed by atoms with E-state index in [0.717, 1.165) is 18.4 Å². The Bertz CT molecular complexity index is 424. The molecule has 1 aromatic rings. The molecule has 1 fully saturated rings. The van der Waals surface area contributed by atoms with Crippen molar-refractivity contribution in [1.82, 2.24) is 10.6 Å². The van der Waals surface area contributed by atoms with Crippen molar-refractivity contribution in [2.45, 2.75) is 25.4 Å². The summed E-state index contributed by atoms with van der Waals surface area (Å²) in [6.45, 7) is 0.250. The van der Waals surface area contributed by atoms with E-state index in [4.69, 9.17) is 5.11 Å². The number of rotatable bonds is 4. The summed E-state index contributed by atoms with van der Waals surface area (Å²) in [5.74, 6) is -0.0646. The van der Waals surface area contributed by atoms with E-state index in [1.165, 1.54) is 0 Å². The Morgan fingerprint density at radius 3 is 2.41 bits per heavy atom. The zero-order valence-corrected chi connectivity index (χ0v) is 9.27. The van der Waals surface area contributed by atoms with E-state index in [2.05, 4.69) is 10.6 Å². The van der Waals surface area contributed by atoms with Crippen LogP contribution in [0.15, 0.2) is 24.3 Å². The predicted octanol–water partition coefficient (Wildman–Crippen LogP) is 1.35. The van der Waals surface area contributed by atoms with E-state index < -0.39 is 6.09 Å². The smallest absolute Gasteiger partial charge is 0.404 e. The molecule has 0 heterocycles. The quantitative estimate of drug-likeness (QED) is 0.735. The van der Waals surface area contributed by atoms with E-state index in [9.17, 15) is 9.59 Å². The summed E-state index contributed by atoms with van der Waals surface area (Å²) in [7, 11) is 0. The van der Waals surface area contributed by atoms with E-state index in [0.29, 0.717) is 11.6 Å². The summed E-state index contributed by atoms with van der Waals surface area (Å²) in [6.07, 6.45) is 1.07. The Labute approximate surface area is 98.8 Å². The summed E-state index contributed by atoms with van der Waals surface area (Å²) in [4.78, 5) is 22.0. The maximum atomic E-state index is 11.7. The van der Waals surface area contributed by atoms with Crippen LogP contribution < -0.4 is 10.6 Å². The zero-order chi connectivity index (χ0) is 12.3. The molecule has 0 bridgehead atoms. The maximum Gasteiger partial charge on any atom is 0.404 e. The number of amides is 2. The number of nitrogens with one attached hydrogen (secondary N) is 2. The summed E-state index contributed by atoms with van der Waals surface area (Å²) in [5.41, 5.74) is 1.44. The fraction of sp³-hybridized carbons (Fsp3) is 0.333. The highest BCUT2D eigenvalue weighted by Crippen LogP contribution is 2.19. The van der Waals surface area contributed by atoms with Crippen molar-refractivity contribution in [3.8, 4) is 0 Å². The average Bonchev–Trinajstić information content (AvgIpc) is 3.11. The van der Waals surface area contributed by atoms with Gasteiger partial charge in [-0.05, 0) is 30.5 Å². The highest BCUT2D eigenvalue weighted by Gasteiger charge is 2.23. The lowest BCUT2D eigenvalue weighted by Gasteiger charge is -2.05. The first-order chi connectivity index (χ1) is 8.15. The van der Waals surface area contributed by atoms with Crippen molar-refractivity contribution in [3.63, 3.8) is 0 Å². The second-order valence-corrected chi connectivity index (χ2v) is 4.10. The molecule has 17 heavy (non-hydrogen) atoms. The lowest BCUT2D eigenvalue weighted by Crippen LogP contribution is -2.25. The number of benzene rings is 1. The zero-order valence-electron chi connectivity index (χ0n) is 9.27. The van der Waals surface area contributed by atoms with Gasteiger partial charge in [0.2, 0.25) is 0 Å². The molecule has 0 spiro atoms. The maximum absolute atomic E-state index is 11.7. The van der Waals surface area contributed by atoms with Crippen LogP contribution in [0.3, 0.4) is 0 Å². The van der Waals surface area contributed by atoms with Crippen molar-refractivity contribution in [2.75, 3.05) is 0 Å². The lowest BCUT2D eigenvalue weighted by atomic mass is 10.1. The topological polar surface area (TPSA) is 78.4 Å². The van der Waals surface area contributed by atoms with Gasteiger partial charge in [-0.15, -0.1) is 0 Å². The van der Waals surface area contributed by atoms with Gasteiger partial charge in [0.15, 0.2) is 0 Å². The van der Waals surface area contributed by atoms with Crippen LogP contribution in [0.25, 0.3) is 0 Å². The van der Waals surface area contributed by atoms with Crippen molar-refractivity contribution in [2.24, 2.45) is 0 Å². The van der Waals surface area contributed by atoms with Crippen LogP contribution in [0, 0.1) is 0 Å². The monoisotopic (exact) mass is 234 g/mol. The van der Waals surface area contributed by atoms with Gasteiger partial charge < -0.3 is 15.7 Å². The second-order valence-electron chi connectivity index (χ2n) is 4.10. The molecule has 0 saturated heterocycles. The van der Waals surface area contributed by atoms with Crippen LogP contribution in [0.4, 0.5) is 4.79 Å². The number of hydrogen-bond acceptors (Lipinski definition) is 2. The molecular formula is C12H14N2O3. The van der Waals surface area contributed by atoms with Crippen molar-refractivity contribution in [1.29, 1.82) is 0 Å². The van der Waals surface area contributed by atoms with E-state index in [-0.39, 0.29) is 12.5 Å². The van der Waals surface area contributed by atoms with Gasteiger partial charge in [0.1, 0.15) is 0 Å². The number of carbonyl (C=O) groups excluding carboxylic acids is 1. The van der Waals surface area contributed by atoms with Gasteiger partial charge in [-0.1, -0.05) is 12.1 Å². The van der Waals surface area contributed by atoms with Gasteiger partial charge in [0, 0.05) is 18.2 Å². The largest absolute Gasteiger partial charge is 0.465 e. The Hall–Kier alpha value is -2.04. The van der Waals surface area contributed by atoms with Gasteiger partial charge in [-0.2, -0.15) is 0 Å². The van der Waals surface area contributed by atoms with Gasteiger partial charge in [-0.3, -0.25) is 4.79 Å². The third kappa shape index (κ3) is 3.48. The Morgan fingerprint density at radius 1 is 1.24 bits per heavy atom. The van der Waals surface area contributed by atoms with Crippen LogP contribution >= 0.6 is 0 Å². The molecule has 3 N–H and O–H groups in total. The number of carbonyl (C=O) groups is 2. The fourth-order valence-electron chi connectivity index (χ4n) is 1.45. The Balaban J connectivity index is 1.91.